The summed E-state index contributed by atoms with van der Waals surface area (Å²) in [7, 11) is -3.65. The zero-order valence-electron chi connectivity index (χ0n) is 18.5. The van der Waals surface area contributed by atoms with E-state index in [2.05, 4.69) is 14.9 Å². The Morgan fingerprint density at radius 2 is 1.74 bits per heavy atom. The van der Waals surface area contributed by atoms with Crippen LogP contribution in [0.1, 0.15) is 17.0 Å². The number of hydrogen-bond donors (Lipinski definition) is 2. The number of nitrogens with one attached hydrogen (secondary N) is 2. The van der Waals surface area contributed by atoms with Crippen molar-refractivity contribution in [1.82, 2.24) is 9.62 Å². The number of carbonyl (C=O) groups is 1. The van der Waals surface area contributed by atoms with Crippen LogP contribution in [0.5, 0.6) is 0 Å². The van der Waals surface area contributed by atoms with E-state index in [-0.39, 0.29) is 22.0 Å². The molecule has 0 bridgehead atoms. The Labute approximate surface area is 197 Å². The highest BCUT2D eigenvalue weighted by atomic mass is 32.2. The van der Waals surface area contributed by atoms with Crippen molar-refractivity contribution in [1.29, 1.82) is 0 Å². The van der Waals surface area contributed by atoms with E-state index in [1.54, 1.807) is 18.2 Å². The molecule has 1 aliphatic rings. The number of morpholine rings is 1. The van der Waals surface area contributed by atoms with Gasteiger partial charge < -0.3 is 14.5 Å². The normalized spacial score (nSPS) is 14.7. The number of hydrogen-bond acceptors (Lipinski definition) is 6. The van der Waals surface area contributed by atoms with Gasteiger partial charge in [0.1, 0.15) is 11.6 Å². The second kappa shape index (κ2) is 10.9. The van der Waals surface area contributed by atoms with Gasteiger partial charge >= 0.3 is 0 Å². The zero-order chi connectivity index (χ0) is 24.0. The first-order valence-corrected chi connectivity index (χ1v) is 12.5. The molecule has 2 aromatic carbocycles. The van der Waals surface area contributed by atoms with Crippen molar-refractivity contribution in [3.63, 3.8) is 0 Å². The molecule has 10 heteroatoms. The first kappa shape index (κ1) is 24.1. The Morgan fingerprint density at radius 1 is 1.00 bits per heavy atom. The minimum Gasteiger partial charge on any atom is -0.451 e. The summed E-state index contributed by atoms with van der Waals surface area (Å²) in [5, 5.41) is 2.65. The number of furan rings is 1. The summed E-state index contributed by atoms with van der Waals surface area (Å²) in [6.45, 7) is 4.29. The molecule has 3 aromatic rings. The summed E-state index contributed by atoms with van der Waals surface area (Å²) >= 11 is 0. The SMILES string of the molecule is O=C(Nc1ccc(S(=O)(=O)NCCCN2CCOCC2)cc1)c1ccc(-c2ccccc2F)o1. The molecule has 2 N–H and O–H groups in total. The fraction of sp³-hybridized carbons (Fsp3) is 0.292. The molecular formula is C24H26FN3O5S. The largest absolute Gasteiger partial charge is 0.451 e. The van der Waals surface area contributed by atoms with Crippen LogP contribution in [0.2, 0.25) is 0 Å². The van der Waals surface area contributed by atoms with Gasteiger partial charge in [-0.25, -0.2) is 17.5 Å². The summed E-state index contributed by atoms with van der Waals surface area (Å²) in [4.78, 5) is 14.8. The van der Waals surface area contributed by atoms with E-state index in [9.17, 15) is 17.6 Å². The Bertz CT molecular complexity index is 1220. The molecule has 0 unspecified atom stereocenters. The van der Waals surface area contributed by atoms with E-state index >= 15 is 0 Å². The molecule has 0 radical (unpaired) electrons. The summed E-state index contributed by atoms with van der Waals surface area (Å²) in [6.07, 6.45) is 0.700. The second-order valence-corrected chi connectivity index (χ2v) is 9.59. The summed E-state index contributed by atoms with van der Waals surface area (Å²) in [6, 6.07) is 14.9. The molecule has 1 amide bonds. The molecule has 1 saturated heterocycles. The van der Waals surface area contributed by atoms with E-state index < -0.39 is 21.7 Å². The molecular weight excluding hydrogens is 461 g/mol. The van der Waals surface area contributed by atoms with Crippen molar-refractivity contribution in [2.45, 2.75) is 11.3 Å². The van der Waals surface area contributed by atoms with Gasteiger partial charge in [-0.05, 0) is 61.5 Å². The molecule has 0 saturated carbocycles. The fourth-order valence-electron chi connectivity index (χ4n) is 3.59. The number of carbonyl (C=O) groups excluding carboxylic acids is 1. The highest BCUT2D eigenvalue weighted by Crippen LogP contribution is 2.25. The number of rotatable bonds is 9. The summed E-state index contributed by atoms with van der Waals surface area (Å²) < 4.78 is 52.4. The Balaban J connectivity index is 1.30. The van der Waals surface area contributed by atoms with Gasteiger partial charge in [-0.3, -0.25) is 9.69 Å². The van der Waals surface area contributed by atoms with E-state index in [4.69, 9.17) is 9.15 Å². The van der Waals surface area contributed by atoms with Gasteiger partial charge in [-0.2, -0.15) is 0 Å². The Hall–Kier alpha value is -3.05. The maximum absolute atomic E-state index is 13.9. The lowest BCUT2D eigenvalue weighted by molar-refractivity contribution is 0.0376. The summed E-state index contributed by atoms with van der Waals surface area (Å²) in [5.74, 6) is -0.726. The predicted octanol–water partition coefficient (Wildman–Crippen LogP) is 3.34. The zero-order valence-corrected chi connectivity index (χ0v) is 19.3. The van der Waals surface area contributed by atoms with Crippen LogP contribution >= 0.6 is 0 Å². The van der Waals surface area contributed by atoms with Crippen molar-refractivity contribution in [2.24, 2.45) is 0 Å². The third-order valence-corrected chi connectivity index (χ3v) is 6.92. The smallest absolute Gasteiger partial charge is 0.291 e. The molecule has 180 valence electrons. The minimum absolute atomic E-state index is 0.0110. The monoisotopic (exact) mass is 487 g/mol. The lowest BCUT2D eigenvalue weighted by Gasteiger charge is -2.26. The number of halogens is 1. The lowest BCUT2D eigenvalue weighted by Crippen LogP contribution is -2.38. The van der Waals surface area contributed by atoms with E-state index in [1.165, 1.54) is 42.5 Å². The van der Waals surface area contributed by atoms with Crippen molar-refractivity contribution >= 4 is 21.6 Å². The average Bonchev–Trinajstić information content (AvgIpc) is 3.33. The van der Waals surface area contributed by atoms with Crippen molar-refractivity contribution in [3.05, 3.63) is 72.2 Å². The minimum atomic E-state index is -3.65. The third kappa shape index (κ3) is 6.09. The van der Waals surface area contributed by atoms with Gasteiger partial charge in [0.15, 0.2) is 5.76 Å². The van der Waals surface area contributed by atoms with Crippen LogP contribution < -0.4 is 10.0 Å². The molecule has 0 atom stereocenters. The Kier molecular flexibility index (Phi) is 7.73. The van der Waals surface area contributed by atoms with Crippen LogP contribution in [0, 0.1) is 5.82 Å². The molecule has 2 heterocycles. The van der Waals surface area contributed by atoms with E-state index in [0.29, 0.717) is 31.9 Å². The summed E-state index contributed by atoms with van der Waals surface area (Å²) in [5.41, 5.74) is 0.661. The quantitative estimate of drug-likeness (QED) is 0.449. The van der Waals surface area contributed by atoms with Gasteiger partial charge in [-0.1, -0.05) is 12.1 Å². The van der Waals surface area contributed by atoms with Crippen molar-refractivity contribution in [3.8, 4) is 11.3 Å². The molecule has 8 nitrogen and oxygen atoms in total. The number of sulfonamides is 1. The topological polar surface area (TPSA) is 101 Å². The number of nitrogens with zero attached hydrogens (tertiary/aromatic N) is 1. The maximum Gasteiger partial charge on any atom is 0.291 e. The Morgan fingerprint density at radius 3 is 2.47 bits per heavy atom. The van der Waals surface area contributed by atoms with Crippen molar-refractivity contribution < 1.29 is 26.8 Å². The fourth-order valence-corrected chi connectivity index (χ4v) is 4.67. The van der Waals surface area contributed by atoms with Crippen LogP contribution in [0.3, 0.4) is 0 Å². The number of ether oxygens (including phenoxy) is 1. The molecule has 0 aliphatic carbocycles. The highest BCUT2D eigenvalue weighted by molar-refractivity contribution is 7.89. The molecule has 1 aliphatic heterocycles. The standard InChI is InChI=1S/C24H26FN3O5S/c25-21-5-2-1-4-20(21)22-10-11-23(33-22)24(29)27-18-6-8-19(9-7-18)34(30,31)26-12-3-13-28-14-16-32-17-15-28/h1-2,4-11,26H,3,12-17H2,(H,27,29). The van der Waals surface area contributed by atoms with E-state index in [0.717, 1.165) is 19.6 Å². The predicted molar refractivity (Wildman–Crippen MR) is 126 cm³/mol. The first-order chi connectivity index (χ1) is 16.4. The van der Waals surface area contributed by atoms with Gasteiger partial charge in [-0.15, -0.1) is 0 Å². The highest BCUT2D eigenvalue weighted by Gasteiger charge is 2.17. The molecule has 1 aromatic heterocycles. The molecule has 0 spiro atoms. The molecule has 4 rings (SSSR count). The lowest BCUT2D eigenvalue weighted by atomic mass is 10.1. The third-order valence-electron chi connectivity index (χ3n) is 5.44. The number of benzene rings is 2. The number of anilines is 1. The van der Waals surface area contributed by atoms with Gasteiger partial charge in [0, 0.05) is 25.3 Å². The maximum atomic E-state index is 13.9. The number of amides is 1. The molecule has 1 fully saturated rings. The molecule has 34 heavy (non-hydrogen) atoms. The van der Waals surface area contributed by atoms with Crippen LogP contribution in [-0.2, 0) is 14.8 Å². The van der Waals surface area contributed by atoms with Crippen LogP contribution in [0.25, 0.3) is 11.3 Å². The van der Waals surface area contributed by atoms with Gasteiger partial charge in [0.05, 0.1) is 23.7 Å². The van der Waals surface area contributed by atoms with Crippen LogP contribution in [-0.4, -0.2) is 58.6 Å². The van der Waals surface area contributed by atoms with Crippen LogP contribution in [0.15, 0.2) is 70.0 Å². The van der Waals surface area contributed by atoms with E-state index in [1.807, 2.05) is 0 Å². The first-order valence-electron chi connectivity index (χ1n) is 11.0. The average molecular weight is 488 g/mol. The second-order valence-electron chi connectivity index (χ2n) is 7.83. The van der Waals surface area contributed by atoms with Gasteiger partial charge in [0.25, 0.3) is 5.91 Å². The van der Waals surface area contributed by atoms with Crippen molar-refractivity contribution in [2.75, 3.05) is 44.7 Å². The van der Waals surface area contributed by atoms with Crippen LogP contribution in [0.4, 0.5) is 10.1 Å². The van der Waals surface area contributed by atoms with Gasteiger partial charge in [0.2, 0.25) is 10.0 Å².